The van der Waals surface area contributed by atoms with Gasteiger partial charge in [0.05, 0.1) is 0 Å². The third-order valence-electron chi connectivity index (χ3n) is 4.63. The van der Waals surface area contributed by atoms with Crippen LogP contribution in [0.4, 0.5) is 5.69 Å². The summed E-state index contributed by atoms with van der Waals surface area (Å²) in [4.78, 5) is 26.3. The summed E-state index contributed by atoms with van der Waals surface area (Å²) in [7, 11) is 0. The first-order chi connectivity index (χ1) is 10.7. The Bertz CT molecular complexity index is 603. The van der Waals surface area contributed by atoms with Crippen molar-refractivity contribution in [2.45, 2.75) is 44.6 Å². The van der Waals surface area contributed by atoms with E-state index in [1.165, 1.54) is 18.9 Å². The van der Waals surface area contributed by atoms with Crippen LogP contribution in [0.1, 0.15) is 48.0 Å². The number of carbonyl (C=O) groups excluding carboxylic acids is 2. The Morgan fingerprint density at radius 3 is 2.73 bits per heavy atom. The molecule has 1 fully saturated rings. The van der Waals surface area contributed by atoms with Crippen LogP contribution < -0.4 is 10.2 Å². The van der Waals surface area contributed by atoms with Gasteiger partial charge in [0.15, 0.2) is 0 Å². The minimum atomic E-state index is -0.102. The van der Waals surface area contributed by atoms with Gasteiger partial charge < -0.3 is 10.2 Å². The first-order valence-corrected chi connectivity index (χ1v) is 8.07. The molecule has 0 unspecified atom stereocenters. The molecule has 0 atom stereocenters. The van der Waals surface area contributed by atoms with Gasteiger partial charge in [-0.3, -0.25) is 9.59 Å². The summed E-state index contributed by atoms with van der Waals surface area (Å²) in [6.45, 7) is 4.25. The van der Waals surface area contributed by atoms with Crippen LogP contribution >= 0.6 is 0 Å². The van der Waals surface area contributed by atoms with Crippen molar-refractivity contribution in [3.8, 4) is 0 Å². The van der Waals surface area contributed by atoms with E-state index in [1.54, 1.807) is 4.90 Å². The summed E-state index contributed by atoms with van der Waals surface area (Å²) >= 11 is 0. The third kappa shape index (κ3) is 2.78. The summed E-state index contributed by atoms with van der Waals surface area (Å²) in [6.07, 6.45) is 7.58. The fourth-order valence-corrected chi connectivity index (χ4v) is 3.51. The van der Waals surface area contributed by atoms with E-state index in [-0.39, 0.29) is 11.8 Å². The number of hydrogen-bond acceptors (Lipinski definition) is 2. The number of hydrogen-bond donors (Lipinski definition) is 1. The van der Waals surface area contributed by atoms with Crippen molar-refractivity contribution in [2.24, 2.45) is 0 Å². The summed E-state index contributed by atoms with van der Waals surface area (Å²) in [5.41, 5.74) is 2.56. The van der Waals surface area contributed by atoms with E-state index in [0.717, 1.165) is 36.9 Å². The molecule has 2 amide bonds. The Labute approximate surface area is 131 Å². The highest BCUT2D eigenvalue weighted by atomic mass is 16.2. The highest BCUT2D eigenvalue weighted by Gasteiger charge is 2.26. The second-order valence-electron chi connectivity index (χ2n) is 6.06. The molecular weight excluding hydrogens is 276 g/mol. The average molecular weight is 298 g/mol. The Kier molecular flexibility index (Phi) is 4.27. The number of benzene rings is 1. The molecule has 0 bridgehead atoms. The van der Waals surface area contributed by atoms with Gasteiger partial charge in [-0.15, -0.1) is 0 Å². The number of rotatable bonds is 3. The van der Waals surface area contributed by atoms with E-state index >= 15 is 0 Å². The van der Waals surface area contributed by atoms with Crippen molar-refractivity contribution in [3.05, 3.63) is 42.0 Å². The van der Waals surface area contributed by atoms with E-state index in [4.69, 9.17) is 0 Å². The molecule has 0 spiro atoms. The monoisotopic (exact) mass is 298 g/mol. The largest absolute Gasteiger partial charge is 0.349 e. The van der Waals surface area contributed by atoms with Crippen LogP contribution in [0.25, 0.3) is 0 Å². The average Bonchev–Trinajstić information content (AvgIpc) is 3.05. The fourth-order valence-electron chi connectivity index (χ4n) is 3.51. The first-order valence-electron chi connectivity index (χ1n) is 8.07. The number of nitrogens with zero attached hydrogens (tertiary/aromatic N) is 1. The van der Waals surface area contributed by atoms with E-state index in [1.807, 2.05) is 18.2 Å². The number of carbonyl (C=O) groups is 2. The van der Waals surface area contributed by atoms with Gasteiger partial charge >= 0.3 is 0 Å². The van der Waals surface area contributed by atoms with Crippen molar-refractivity contribution in [3.63, 3.8) is 0 Å². The number of nitrogens with one attached hydrogen (secondary N) is 1. The van der Waals surface area contributed by atoms with Crippen LogP contribution in [-0.4, -0.2) is 24.4 Å². The normalized spacial score (nSPS) is 17.9. The van der Waals surface area contributed by atoms with Crippen LogP contribution in [0, 0.1) is 0 Å². The molecule has 4 nitrogen and oxygen atoms in total. The molecule has 0 aromatic heterocycles. The molecule has 1 aromatic carbocycles. The van der Waals surface area contributed by atoms with Gasteiger partial charge in [-0.2, -0.15) is 0 Å². The Morgan fingerprint density at radius 2 is 2.00 bits per heavy atom. The summed E-state index contributed by atoms with van der Waals surface area (Å²) < 4.78 is 0. The molecule has 1 aliphatic carbocycles. The van der Waals surface area contributed by atoms with Gasteiger partial charge in [0.2, 0.25) is 5.91 Å². The zero-order valence-corrected chi connectivity index (χ0v) is 12.8. The van der Waals surface area contributed by atoms with Gasteiger partial charge in [0.1, 0.15) is 0 Å². The van der Waals surface area contributed by atoms with Crippen molar-refractivity contribution < 1.29 is 9.59 Å². The standard InChI is InChI=1S/C18H22N2O2/c1-2-17(21)20-12-6-10-14-15(9-5-11-16(14)20)18(22)19-13-7-3-4-8-13/h2,5,9,11,13H,1,3-4,6-8,10,12H2,(H,19,22). The predicted molar refractivity (Wildman–Crippen MR) is 87.0 cm³/mol. The Morgan fingerprint density at radius 1 is 1.23 bits per heavy atom. The smallest absolute Gasteiger partial charge is 0.251 e. The summed E-state index contributed by atoms with van der Waals surface area (Å²) in [5.74, 6) is -0.106. The topological polar surface area (TPSA) is 49.4 Å². The van der Waals surface area contributed by atoms with Gasteiger partial charge in [-0.1, -0.05) is 25.5 Å². The highest BCUT2D eigenvalue weighted by Crippen LogP contribution is 2.30. The number of anilines is 1. The maximum atomic E-state index is 12.6. The molecular formula is C18H22N2O2. The number of amides is 2. The lowest BCUT2D eigenvalue weighted by Crippen LogP contribution is -2.37. The molecule has 116 valence electrons. The first kappa shape index (κ1) is 14.8. The second-order valence-corrected chi connectivity index (χ2v) is 6.06. The molecule has 2 aliphatic rings. The molecule has 1 N–H and O–H groups in total. The Balaban J connectivity index is 1.88. The molecule has 4 heteroatoms. The lowest BCUT2D eigenvalue weighted by molar-refractivity contribution is -0.114. The maximum Gasteiger partial charge on any atom is 0.251 e. The van der Waals surface area contributed by atoms with Crippen molar-refractivity contribution in [2.75, 3.05) is 11.4 Å². The summed E-state index contributed by atoms with van der Waals surface area (Å²) in [5, 5.41) is 3.14. The quantitative estimate of drug-likeness (QED) is 0.872. The zero-order chi connectivity index (χ0) is 15.5. The van der Waals surface area contributed by atoms with Crippen molar-refractivity contribution >= 4 is 17.5 Å². The van der Waals surface area contributed by atoms with E-state index in [0.29, 0.717) is 18.2 Å². The van der Waals surface area contributed by atoms with E-state index in [9.17, 15) is 9.59 Å². The lowest BCUT2D eigenvalue weighted by Gasteiger charge is -2.30. The van der Waals surface area contributed by atoms with Gasteiger partial charge in [0, 0.05) is 23.8 Å². The zero-order valence-electron chi connectivity index (χ0n) is 12.8. The van der Waals surface area contributed by atoms with Gasteiger partial charge in [0.25, 0.3) is 5.91 Å². The molecule has 0 saturated heterocycles. The van der Waals surface area contributed by atoms with Crippen LogP contribution in [0.15, 0.2) is 30.9 Å². The molecule has 3 rings (SSSR count). The minimum Gasteiger partial charge on any atom is -0.349 e. The van der Waals surface area contributed by atoms with E-state index in [2.05, 4.69) is 11.9 Å². The van der Waals surface area contributed by atoms with Crippen LogP contribution in [0.5, 0.6) is 0 Å². The van der Waals surface area contributed by atoms with Crippen LogP contribution in [0.2, 0.25) is 0 Å². The lowest BCUT2D eigenvalue weighted by atomic mass is 9.95. The minimum absolute atomic E-state index is 0.00310. The fraction of sp³-hybridized carbons (Fsp3) is 0.444. The molecule has 1 aliphatic heterocycles. The molecule has 0 radical (unpaired) electrons. The highest BCUT2D eigenvalue weighted by molar-refractivity contribution is 6.04. The summed E-state index contributed by atoms with van der Waals surface area (Å²) in [6, 6.07) is 5.95. The molecule has 1 saturated carbocycles. The molecule has 22 heavy (non-hydrogen) atoms. The SMILES string of the molecule is C=CC(=O)N1CCCc2c(C(=O)NC3CCCC3)cccc21. The van der Waals surface area contributed by atoms with E-state index < -0.39 is 0 Å². The van der Waals surface area contributed by atoms with Crippen molar-refractivity contribution in [1.29, 1.82) is 0 Å². The number of fused-ring (bicyclic) bond motifs is 1. The Hall–Kier alpha value is -2.10. The van der Waals surface area contributed by atoms with Crippen LogP contribution in [-0.2, 0) is 11.2 Å². The third-order valence-corrected chi connectivity index (χ3v) is 4.63. The van der Waals surface area contributed by atoms with Gasteiger partial charge in [-0.05, 0) is 49.5 Å². The van der Waals surface area contributed by atoms with Crippen molar-refractivity contribution in [1.82, 2.24) is 5.32 Å². The molecule has 1 heterocycles. The second kappa shape index (κ2) is 6.34. The molecule has 1 aromatic rings. The van der Waals surface area contributed by atoms with Gasteiger partial charge in [-0.25, -0.2) is 0 Å². The predicted octanol–water partition coefficient (Wildman–Crippen LogP) is 2.82. The van der Waals surface area contributed by atoms with Crippen LogP contribution in [0.3, 0.4) is 0 Å². The maximum absolute atomic E-state index is 12.6.